The number of aliphatic carboxylic acids is 1. The molecule has 0 heterocycles. The molecule has 15 heavy (non-hydrogen) atoms. The second-order valence-corrected chi connectivity index (χ2v) is 4.60. The molecule has 0 spiro atoms. The Kier molecular flexibility index (Phi) is 2.93. The largest absolute Gasteiger partial charge is 0.481 e. The predicted molar refractivity (Wildman–Crippen MR) is 52.2 cm³/mol. The summed E-state index contributed by atoms with van der Waals surface area (Å²) in [4.78, 5) is 21.6. The van der Waals surface area contributed by atoms with Gasteiger partial charge in [0, 0.05) is 0 Å². The van der Waals surface area contributed by atoms with Gasteiger partial charge >= 0.3 is 11.9 Å². The van der Waals surface area contributed by atoms with E-state index in [1.54, 1.807) is 0 Å². The normalized spacial score (nSPS) is 32.9. The first-order chi connectivity index (χ1) is 7.15. The number of carbonyl (C=O) groups excluding carboxylic acids is 1. The van der Waals surface area contributed by atoms with E-state index in [2.05, 4.69) is 0 Å². The number of fused-ring (bicyclic) bond motifs is 2. The van der Waals surface area contributed by atoms with E-state index in [9.17, 15) is 9.59 Å². The van der Waals surface area contributed by atoms with E-state index in [4.69, 9.17) is 9.84 Å². The minimum Gasteiger partial charge on any atom is -0.481 e. The van der Waals surface area contributed by atoms with Crippen molar-refractivity contribution in [1.82, 2.24) is 0 Å². The van der Waals surface area contributed by atoms with Crippen LogP contribution in [0.25, 0.3) is 0 Å². The van der Waals surface area contributed by atoms with Gasteiger partial charge in [0.2, 0.25) is 0 Å². The Morgan fingerprint density at radius 3 is 2.53 bits per heavy atom. The molecule has 0 aromatic rings. The third kappa shape index (κ3) is 2.49. The average Bonchev–Trinajstić information content (AvgIpc) is 2.76. The summed E-state index contributed by atoms with van der Waals surface area (Å²) >= 11 is 0. The molecule has 0 aliphatic heterocycles. The van der Waals surface area contributed by atoms with Crippen LogP contribution >= 0.6 is 0 Å². The fourth-order valence-corrected chi connectivity index (χ4v) is 2.77. The number of hydrogen-bond donors (Lipinski definition) is 1. The van der Waals surface area contributed by atoms with Gasteiger partial charge in [-0.15, -0.1) is 0 Å². The van der Waals surface area contributed by atoms with Crippen LogP contribution in [-0.2, 0) is 14.3 Å². The fourth-order valence-electron chi connectivity index (χ4n) is 2.77. The zero-order valence-electron chi connectivity index (χ0n) is 8.65. The molecule has 2 rings (SSSR count). The summed E-state index contributed by atoms with van der Waals surface area (Å²) in [6.07, 6.45) is 4.57. The van der Waals surface area contributed by atoms with Crippen molar-refractivity contribution >= 4 is 11.9 Å². The Labute approximate surface area is 88.6 Å². The van der Waals surface area contributed by atoms with Crippen LogP contribution in [0.2, 0.25) is 0 Å². The van der Waals surface area contributed by atoms with Crippen molar-refractivity contribution < 1.29 is 19.4 Å². The number of carboxylic acid groups (broad SMARTS) is 1. The Hall–Kier alpha value is -1.06. The zero-order chi connectivity index (χ0) is 10.8. The van der Waals surface area contributed by atoms with Gasteiger partial charge in [0.15, 0.2) is 0 Å². The topological polar surface area (TPSA) is 63.6 Å². The van der Waals surface area contributed by atoms with E-state index in [-0.39, 0.29) is 24.9 Å². The van der Waals surface area contributed by atoms with Crippen LogP contribution in [0.4, 0.5) is 0 Å². The molecule has 2 bridgehead atoms. The lowest BCUT2D eigenvalue weighted by molar-refractivity contribution is -0.154. The van der Waals surface area contributed by atoms with Gasteiger partial charge in [-0.2, -0.15) is 0 Å². The van der Waals surface area contributed by atoms with Crippen molar-refractivity contribution in [3.05, 3.63) is 0 Å². The van der Waals surface area contributed by atoms with E-state index in [0.717, 1.165) is 12.3 Å². The molecule has 0 aromatic carbocycles. The smallest absolute Gasteiger partial charge is 0.306 e. The minimum atomic E-state index is -0.945. The fraction of sp³-hybridized carbons (Fsp3) is 0.818. The second-order valence-electron chi connectivity index (χ2n) is 4.60. The highest BCUT2D eigenvalue weighted by molar-refractivity contribution is 5.76. The standard InChI is InChI=1S/C11H16O4/c12-10(13)3-4-11(14)15-9-6-7-1-2-8(9)5-7/h7-9H,1-6H2,(H,12,13)/t7-,8+,9-/m0/s1. The molecule has 84 valence electrons. The van der Waals surface area contributed by atoms with Crippen molar-refractivity contribution in [2.75, 3.05) is 0 Å². The monoisotopic (exact) mass is 212 g/mol. The summed E-state index contributed by atoms with van der Waals surface area (Å²) < 4.78 is 5.29. The van der Waals surface area contributed by atoms with Crippen molar-refractivity contribution in [2.24, 2.45) is 11.8 Å². The number of hydrogen-bond acceptors (Lipinski definition) is 3. The lowest BCUT2D eigenvalue weighted by Crippen LogP contribution is -2.24. The first kappa shape index (κ1) is 10.5. The summed E-state index contributed by atoms with van der Waals surface area (Å²) in [6.45, 7) is 0. The van der Waals surface area contributed by atoms with Crippen molar-refractivity contribution in [3.8, 4) is 0 Å². The van der Waals surface area contributed by atoms with Crippen molar-refractivity contribution in [2.45, 2.75) is 44.6 Å². The van der Waals surface area contributed by atoms with Crippen LogP contribution in [0.1, 0.15) is 38.5 Å². The first-order valence-corrected chi connectivity index (χ1v) is 5.56. The van der Waals surface area contributed by atoms with Crippen LogP contribution in [0.5, 0.6) is 0 Å². The van der Waals surface area contributed by atoms with Gasteiger partial charge in [0.25, 0.3) is 0 Å². The maximum Gasteiger partial charge on any atom is 0.306 e. The summed E-state index contributed by atoms with van der Waals surface area (Å²) in [5.41, 5.74) is 0. The van der Waals surface area contributed by atoms with Gasteiger partial charge in [-0.25, -0.2) is 0 Å². The van der Waals surface area contributed by atoms with E-state index >= 15 is 0 Å². The van der Waals surface area contributed by atoms with Gasteiger partial charge in [-0.3, -0.25) is 9.59 Å². The van der Waals surface area contributed by atoms with Gasteiger partial charge in [-0.05, 0) is 37.5 Å². The predicted octanol–water partition coefficient (Wildman–Crippen LogP) is 1.58. The number of rotatable bonds is 4. The van der Waals surface area contributed by atoms with E-state index < -0.39 is 5.97 Å². The molecule has 2 aliphatic rings. The third-order valence-electron chi connectivity index (χ3n) is 3.50. The van der Waals surface area contributed by atoms with Crippen molar-refractivity contribution in [3.63, 3.8) is 0 Å². The first-order valence-electron chi connectivity index (χ1n) is 5.56. The maximum absolute atomic E-state index is 11.3. The molecule has 0 aromatic heterocycles. The van der Waals surface area contributed by atoms with Crippen LogP contribution in [0, 0.1) is 11.8 Å². The molecule has 4 heteroatoms. The molecular weight excluding hydrogens is 196 g/mol. The van der Waals surface area contributed by atoms with Crippen molar-refractivity contribution in [1.29, 1.82) is 0 Å². The highest BCUT2D eigenvalue weighted by Crippen LogP contribution is 2.45. The number of carboxylic acids is 1. The molecular formula is C11H16O4. The molecule has 4 nitrogen and oxygen atoms in total. The quantitative estimate of drug-likeness (QED) is 0.718. The van der Waals surface area contributed by atoms with E-state index in [1.165, 1.54) is 19.3 Å². The van der Waals surface area contributed by atoms with Crippen LogP contribution in [-0.4, -0.2) is 23.1 Å². The molecule has 3 atom stereocenters. The molecule has 2 aliphatic carbocycles. The maximum atomic E-state index is 11.3. The van der Waals surface area contributed by atoms with Crippen LogP contribution in [0.15, 0.2) is 0 Å². The van der Waals surface area contributed by atoms with Gasteiger partial charge in [0.05, 0.1) is 12.8 Å². The van der Waals surface area contributed by atoms with E-state index in [0.29, 0.717) is 5.92 Å². The summed E-state index contributed by atoms with van der Waals surface area (Å²) in [7, 11) is 0. The highest BCUT2D eigenvalue weighted by Gasteiger charge is 2.41. The molecule has 2 fully saturated rings. The Morgan fingerprint density at radius 1 is 1.20 bits per heavy atom. The molecule has 0 unspecified atom stereocenters. The summed E-state index contributed by atoms with van der Waals surface area (Å²) in [5.74, 6) is -0.00843. The molecule has 0 radical (unpaired) electrons. The molecule has 1 N–H and O–H groups in total. The van der Waals surface area contributed by atoms with Crippen LogP contribution in [0.3, 0.4) is 0 Å². The van der Waals surface area contributed by atoms with Gasteiger partial charge in [0.1, 0.15) is 6.10 Å². The molecule has 0 amide bonds. The number of carbonyl (C=O) groups is 2. The van der Waals surface area contributed by atoms with Gasteiger partial charge < -0.3 is 9.84 Å². The Bertz CT molecular complexity index is 274. The zero-order valence-corrected chi connectivity index (χ0v) is 8.65. The third-order valence-corrected chi connectivity index (χ3v) is 3.50. The number of ether oxygens (including phenoxy) is 1. The summed E-state index contributed by atoms with van der Waals surface area (Å²) in [5, 5.41) is 8.42. The average molecular weight is 212 g/mol. The lowest BCUT2D eigenvalue weighted by Gasteiger charge is -2.21. The minimum absolute atomic E-state index is 0.00319. The summed E-state index contributed by atoms with van der Waals surface area (Å²) in [6, 6.07) is 0. The SMILES string of the molecule is O=C(O)CCC(=O)O[C@H]1C[C@H]2CC[C@@H]1C2. The van der Waals surface area contributed by atoms with E-state index in [1.807, 2.05) is 0 Å². The lowest BCUT2D eigenvalue weighted by atomic mass is 9.98. The highest BCUT2D eigenvalue weighted by atomic mass is 16.5. The Balaban J connectivity index is 1.73. The second kappa shape index (κ2) is 4.21. The Morgan fingerprint density at radius 2 is 2.00 bits per heavy atom. The molecule has 0 saturated heterocycles. The van der Waals surface area contributed by atoms with Crippen LogP contribution < -0.4 is 0 Å². The number of esters is 1. The molecule has 2 saturated carbocycles. The van der Waals surface area contributed by atoms with Gasteiger partial charge in [-0.1, -0.05) is 0 Å².